The molecule has 0 saturated heterocycles. The smallest absolute Gasteiger partial charge is 0.258 e. The minimum atomic E-state index is -0.173. The predicted octanol–water partition coefficient (Wildman–Crippen LogP) is 6.21. The summed E-state index contributed by atoms with van der Waals surface area (Å²) in [5, 5.41) is 8.58. The molecule has 0 saturated carbocycles. The molecule has 6 nitrogen and oxygen atoms in total. The van der Waals surface area contributed by atoms with Gasteiger partial charge in [0.05, 0.1) is 18.7 Å². The zero-order valence-corrected chi connectivity index (χ0v) is 21.3. The molecule has 0 amide bonds. The fourth-order valence-corrected chi connectivity index (χ4v) is 4.60. The summed E-state index contributed by atoms with van der Waals surface area (Å²) >= 11 is 5.80. The second kappa shape index (κ2) is 10.4. The second-order valence-electron chi connectivity index (χ2n) is 8.74. The minimum absolute atomic E-state index is 0.173. The van der Waals surface area contributed by atoms with Crippen molar-refractivity contribution in [2.24, 2.45) is 0 Å². The Bertz CT molecular complexity index is 1220. The number of allylic oxidation sites excluding steroid dienone is 1. The van der Waals surface area contributed by atoms with Crippen LogP contribution in [0.2, 0.25) is 0 Å². The van der Waals surface area contributed by atoms with Crippen LogP contribution in [0, 0.1) is 13.8 Å². The van der Waals surface area contributed by atoms with E-state index in [1.165, 1.54) is 11.1 Å². The lowest BCUT2D eigenvalue weighted by atomic mass is 9.92. The van der Waals surface area contributed by atoms with Gasteiger partial charge in [0.25, 0.3) is 5.89 Å². The molecule has 0 radical (unpaired) electrons. The molecule has 3 aromatic rings. The fourth-order valence-electron chi connectivity index (χ4n) is 4.25. The van der Waals surface area contributed by atoms with E-state index < -0.39 is 0 Å². The molecule has 0 aliphatic carbocycles. The maximum atomic E-state index is 5.85. The maximum absolute atomic E-state index is 5.85. The Hall–Kier alpha value is -3.19. The molecular formula is C27H32N4O2S. The van der Waals surface area contributed by atoms with Crippen molar-refractivity contribution in [2.75, 3.05) is 13.7 Å². The standard InChI is InChI=1S/C27H32N4O2S/c1-6-7-8-14-31-19(4)23(24(28-27(31)34)20-13-12-17(2)18(3)15-20)26-29-25(30-33-26)21-10-9-11-22(16-21)32-5/h9-13,15-16,24H,6-8,14H2,1-5H3,(H,28,34). The average molecular weight is 477 g/mol. The van der Waals surface area contributed by atoms with E-state index >= 15 is 0 Å². The SMILES string of the molecule is CCCCCN1C(=S)NC(c2ccc(C)c(C)c2)C(c2nc(-c3cccc(OC)c3)no2)=C1C. The highest BCUT2D eigenvalue weighted by Gasteiger charge is 2.34. The van der Waals surface area contributed by atoms with Crippen molar-refractivity contribution >= 4 is 22.9 Å². The first kappa shape index (κ1) is 24.0. The molecule has 1 N–H and O–H groups in total. The van der Waals surface area contributed by atoms with E-state index in [0.29, 0.717) is 11.7 Å². The highest BCUT2D eigenvalue weighted by atomic mass is 32.1. The van der Waals surface area contributed by atoms with Crippen LogP contribution in [0.5, 0.6) is 5.75 Å². The number of unbranched alkanes of at least 4 members (excludes halogenated alkanes) is 2. The van der Waals surface area contributed by atoms with E-state index in [4.69, 9.17) is 26.5 Å². The molecule has 1 aliphatic rings. The molecule has 1 aliphatic heterocycles. The van der Waals surface area contributed by atoms with Crippen molar-refractivity contribution in [1.29, 1.82) is 0 Å². The summed E-state index contributed by atoms with van der Waals surface area (Å²) in [6.45, 7) is 9.40. The Kier molecular flexibility index (Phi) is 7.32. The summed E-state index contributed by atoms with van der Waals surface area (Å²) in [7, 11) is 1.65. The number of aromatic nitrogens is 2. The zero-order valence-electron chi connectivity index (χ0n) is 20.5. The third-order valence-electron chi connectivity index (χ3n) is 6.43. The van der Waals surface area contributed by atoms with Gasteiger partial charge in [0.15, 0.2) is 5.11 Å². The van der Waals surface area contributed by atoms with Crippen molar-refractivity contribution < 1.29 is 9.26 Å². The number of ether oxygens (including phenoxy) is 1. The summed E-state index contributed by atoms with van der Waals surface area (Å²) in [6, 6.07) is 14.0. The molecule has 178 valence electrons. The Morgan fingerprint density at radius 2 is 1.91 bits per heavy atom. The third-order valence-corrected chi connectivity index (χ3v) is 6.77. The van der Waals surface area contributed by atoms with Crippen LogP contribution in [0.4, 0.5) is 0 Å². The number of thiocarbonyl (C=S) groups is 1. The molecule has 1 aromatic heterocycles. The van der Waals surface area contributed by atoms with Crippen molar-refractivity contribution in [3.05, 3.63) is 70.7 Å². The lowest BCUT2D eigenvalue weighted by molar-refractivity contribution is 0.395. The monoisotopic (exact) mass is 476 g/mol. The number of hydrogen-bond donors (Lipinski definition) is 1. The Balaban J connectivity index is 1.78. The van der Waals surface area contributed by atoms with Gasteiger partial charge in [-0.2, -0.15) is 4.98 Å². The van der Waals surface area contributed by atoms with Crippen LogP contribution >= 0.6 is 12.2 Å². The lowest BCUT2D eigenvalue weighted by Gasteiger charge is -2.37. The minimum Gasteiger partial charge on any atom is -0.497 e. The first-order valence-electron chi connectivity index (χ1n) is 11.8. The topological polar surface area (TPSA) is 63.4 Å². The second-order valence-corrected chi connectivity index (χ2v) is 9.13. The Morgan fingerprint density at radius 1 is 1.09 bits per heavy atom. The van der Waals surface area contributed by atoms with Gasteiger partial charge < -0.3 is 19.5 Å². The van der Waals surface area contributed by atoms with Gasteiger partial charge in [0.2, 0.25) is 5.82 Å². The van der Waals surface area contributed by atoms with Crippen molar-refractivity contribution in [2.45, 2.75) is 53.0 Å². The first-order valence-corrected chi connectivity index (χ1v) is 12.2. The third kappa shape index (κ3) is 4.85. The number of aryl methyl sites for hydroxylation is 2. The molecule has 1 unspecified atom stereocenters. The quantitative estimate of drug-likeness (QED) is 0.306. The Labute approximate surface area is 207 Å². The number of hydrogen-bond acceptors (Lipinski definition) is 5. The van der Waals surface area contributed by atoms with E-state index in [9.17, 15) is 0 Å². The first-order chi connectivity index (χ1) is 16.4. The highest BCUT2D eigenvalue weighted by Crippen LogP contribution is 2.38. The van der Waals surface area contributed by atoms with Crippen LogP contribution in [0.3, 0.4) is 0 Å². The molecule has 2 aromatic carbocycles. The molecule has 0 spiro atoms. The van der Waals surface area contributed by atoms with Crippen molar-refractivity contribution in [3.8, 4) is 17.1 Å². The van der Waals surface area contributed by atoms with Crippen LogP contribution in [-0.2, 0) is 0 Å². The molecule has 34 heavy (non-hydrogen) atoms. The molecule has 1 atom stereocenters. The highest BCUT2D eigenvalue weighted by molar-refractivity contribution is 7.80. The Morgan fingerprint density at radius 3 is 2.65 bits per heavy atom. The van der Waals surface area contributed by atoms with Crippen molar-refractivity contribution in [1.82, 2.24) is 20.4 Å². The molecule has 2 heterocycles. The van der Waals surface area contributed by atoms with Crippen LogP contribution < -0.4 is 10.1 Å². The van der Waals surface area contributed by atoms with Crippen LogP contribution in [0.1, 0.15) is 61.7 Å². The number of benzene rings is 2. The van der Waals surface area contributed by atoms with Crippen LogP contribution in [0.15, 0.2) is 52.7 Å². The van der Waals surface area contributed by atoms with E-state index in [1.807, 2.05) is 24.3 Å². The van der Waals surface area contributed by atoms with Gasteiger partial charge >= 0.3 is 0 Å². The average Bonchev–Trinajstić information content (AvgIpc) is 3.32. The summed E-state index contributed by atoms with van der Waals surface area (Å²) in [4.78, 5) is 6.96. The number of nitrogens with zero attached hydrogens (tertiary/aromatic N) is 3. The summed E-state index contributed by atoms with van der Waals surface area (Å²) in [5.41, 5.74) is 6.45. The van der Waals surface area contributed by atoms with Gasteiger partial charge in [-0.15, -0.1) is 0 Å². The van der Waals surface area contributed by atoms with Crippen molar-refractivity contribution in [3.63, 3.8) is 0 Å². The van der Waals surface area contributed by atoms with Gasteiger partial charge in [0, 0.05) is 17.8 Å². The van der Waals surface area contributed by atoms with E-state index in [1.54, 1.807) is 7.11 Å². The molecular weight excluding hydrogens is 444 g/mol. The van der Waals surface area contributed by atoms with E-state index in [2.05, 4.69) is 61.3 Å². The maximum Gasteiger partial charge on any atom is 0.258 e. The summed E-state index contributed by atoms with van der Waals surface area (Å²) < 4.78 is 11.2. The predicted molar refractivity (Wildman–Crippen MR) is 140 cm³/mol. The molecule has 0 bridgehead atoms. The van der Waals surface area contributed by atoms with Gasteiger partial charge in [-0.25, -0.2) is 0 Å². The molecule has 0 fully saturated rings. The number of nitrogens with one attached hydrogen (secondary N) is 1. The normalized spacial score (nSPS) is 16.1. The van der Waals surface area contributed by atoms with Crippen LogP contribution in [0.25, 0.3) is 17.0 Å². The number of methoxy groups -OCH3 is 1. The largest absolute Gasteiger partial charge is 0.497 e. The van der Waals surface area contributed by atoms with Crippen LogP contribution in [-0.4, -0.2) is 33.8 Å². The van der Waals surface area contributed by atoms with Gasteiger partial charge in [-0.05, 0) is 68.2 Å². The summed E-state index contributed by atoms with van der Waals surface area (Å²) in [6.07, 6.45) is 3.38. The molecule has 4 rings (SSSR count). The van der Waals surface area contributed by atoms with Gasteiger partial charge in [0.1, 0.15) is 5.75 Å². The summed E-state index contributed by atoms with van der Waals surface area (Å²) in [5.74, 6) is 1.77. The van der Waals surface area contributed by atoms with Gasteiger partial charge in [-0.1, -0.05) is 55.3 Å². The van der Waals surface area contributed by atoms with E-state index in [-0.39, 0.29) is 6.04 Å². The fraction of sp³-hybridized carbons (Fsp3) is 0.370. The van der Waals surface area contributed by atoms with E-state index in [0.717, 1.165) is 59.1 Å². The van der Waals surface area contributed by atoms with Gasteiger partial charge in [-0.3, -0.25) is 0 Å². The zero-order chi connectivity index (χ0) is 24.2. The lowest BCUT2D eigenvalue weighted by Crippen LogP contribution is -2.46. The molecule has 7 heteroatoms. The number of rotatable bonds is 8.